The molecule has 4 heteroatoms. The lowest BCUT2D eigenvalue weighted by atomic mass is 10.1. The molecule has 0 atom stereocenters. The van der Waals surface area contributed by atoms with E-state index in [1.54, 1.807) is 18.2 Å². The summed E-state index contributed by atoms with van der Waals surface area (Å²) in [5.74, 6) is -0.0550. The van der Waals surface area contributed by atoms with Crippen LogP contribution in [0, 0.1) is 0 Å². The van der Waals surface area contributed by atoms with Crippen LogP contribution in [0.15, 0.2) is 27.5 Å². The lowest BCUT2D eigenvalue weighted by molar-refractivity contribution is 0.101. The first-order valence-corrected chi connectivity index (χ1v) is 4.78. The third-order valence-electron chi connectivity index (χ3n) is 2.37. The second kappa shape index (κ2) is 3.38. The Morgan fingerprint density at radius 3 is 2.80 bits per heavy atom. The quantitative estimate of drug-likeness (QED) is 0.702. The van der Waals surface area contributed by atoms with Crippen LogP contribution in [0.4, 0.5) is 0 Å². The maximum atomic E-state index is 11.4. The highest BCUT2D eigenvalue weighted by Crippen LogP contribution is 2.14. The third kappa shape index (κ3) is 1.48. The van der Waals surface area contributed by atoms with E-state index in [4.69, 9.17) is 4.52 Å². The summed E-state index contributed by atoms with van der Waals surface area (Å²) in [5.41, 5.74) is 0.867. The molecule has 1 aromatic heterocycles. The van der Waals surface area contributed by atoms with Crippen LogP contribution < -0.4 is 5.63 Å². The van der Waals surface area contributed by atoms with Gasteiger partial charge in [-0.05, 0) is 32.0 Å². The number of benzene rings is 1. The molecule has 0 spiro atoms. The fraction of sp³-hybridized carbons (Fsp3) is 0.273. The molecule has 0 amide bonds. The van der Waals surface area contributed by atoms with Crippen LogP contribution in [0.1, 0.15) is 24.2 Å². The Morgan fingerprint density at radius 2 is 2.20 bits per heavy atom. The highest BCUT2D eigenvalue weighted by molar-refractivity contribution is 5.97. The van der Waals surface area contributed by atoms with Crippen LogP contribution in [0.25, 0.3) is 10.9 Å². The van der Waals surface area contributed by atoms with Crippen molar-refractivity contribution in [3.05, 3.63) is 34.2 Å². The van der Waals surface area contributed by atoms with Gasteiger partial charge in [-0.15, -0.1) is 0 Å². The Bertz CT molecular complexity index is 577. The number of carbonyl (C=O) groups excluding carboxylic acids is 1. The second-order valence-electron chi connectivity index (χ2n) is 3.36. The Hall–Kier alpha value is -1.84. The molecule has 78 valence electrons. The number of hydrogen-bond donors (Lipinski definition) is 0. The Morgan fingerprint density at radius 1 is 1.47 bits per heavy atom. The van der Waals surface area contributed by atoms with Gasteiger partial charge in [-0.25, -0.2) is 9.53 Å². The Balaban J connectivity index is 2.78. The second-order valence-corrected chi connectivity index (χ2v) is 3.36. The Kier molecular flexibility index (Phi) is 2.19. The zero-order valence-corrected chi connectivity index (χ0v) is 8.61. The van der Waals surface area contributed by atoms with Gasteiger partial charge < -0.3 is 4.52 Å². The summed E-state index contributed by atoms with van der Waals surface area (Å²) in [6, 6.07) is 5.02. The van der Waals surface area contributed by atoms with Gasteiger partial charge in [-0.1, -0.05) is 0 Å². The van der Waals surface area contributed by atoms with Gasteiger partial charge in [0, 0.05) is 5.56 Å². The molecule has 15 heavy (non-hydrogen) atoms. The van der Waals surface area contributed by atoms with E-state index in [9.17, 15) is 9.59 Å². The van der Waals surface area contributed by atoms with E-state index in [2.05, 4.69) is 0 Å². The summed E-state index contributed by atoms with van der Waals surface area (Å²) in [4.78, 5) is 22.6. The maximum Gasteiger partial charge on any atom is 0.365 e. The van der Waals surface area contributed by atoms with Crippen LogP contribution in [0.2, 0.25) is 0 Å². The van der Waals surface area contributed by atoms with Crippen molar-refractivity contribution in [2.45, 2.75) is 20.4 Å². The molecule has 0 N–H and O–H groups in total. The molecule has 2 aromatic rings. The van der Waals surface area contributed by atoms with E-state index in [-0.39, 0.29) is 5.78 Å². The topological polar surface area (TPSA) is 52.2 Å². The zero-order valence-electron chi connectivity index (χ0n) is 8.61. The minimum atomic E-state index is -0.394. The molecule has 0 aliphatic carbocycles. The molecule has 0 radical (unpaired) electrons. The van der Waals surface area contributed by atoms with Crippen molar-refractivity contribution in [1.29, 1.82) is 0 Å². The fourth-order valence-electron chi connectivity index (χ4n) is 1.57. The molecule has 0 aliphatic rings. The van der Waals surface area contributed by atoms with Crippen LogP contribution in [-0.2, 0) is 6.54 Å². The number of aromatic nitrogens is 1. The summed E-state index contributed by atoms with van der Waals surface area (Å²) in [6.07, 6.45) is 0. The molecule has 2 rings (SSSR count). The van der Waals surface area contributed by atoms with Crippen LogP contribution >= 0.6 is 0 Å². The normalized spacial score (nSPS) is 10.8. The van der Waals surface area contributed by atoms with Crippen molar-refractivity contribution < 1.29 is 9.32 Å². The molecule has 1 heterocycles. The average molecular weight is 205 g/mol. The van der Waals surface area contributed by atoms with E-state index in [1.807, 2.05) is 6.92 Å². The van der Waals surface area contributed by atoms with Gasteiger partial charge in [0.1, 0.15) is 0 Å². The molecular formula is C11H11NO3. The van der Waals surface area contributed by atoms with Crippen molar-refractivity contribution >= 4 is 16.7 Å². The molecule has 0 bridgehead atoms. The van der Waals surface area contributed by atoms with Crippen molar-refractivity contribution in [2.75, 3.05) is 0 Å². The lowest BCUT2D eigenvalue weighted by Crippen LogP contribution is -1.95. The number of ketones is 1. The van der Waals surface area contributed by atoms with Gasteiger partial charge >= 0.3 is 5.63 Å². The molecule has 0 saturated heterocycles. The van der Waals surface area contributed by atoms with E-state index in [1.165, 1.54) is 11.7 Å². The van der Waals surface area contributed by atoms with Gasteiger partial charge in [0.25, 0.3) is 0 Å². The number of fused-ring (bicyclic) bond motifs is 1. The van der Waals surface area contributed by atoms with Gasteiger partial charge in [-0.2, -0.15) is 0 Å². The summed E-state index contributed by atoms with van der Waals surface area (Å²) >= 11 is 0. The van der Waals surface area contributed by atoms with Crippen molar-refractivity contribution in [1.82, 2.24) is 4.74 Å². The largest absolute Gasteiger partial charge is 0.365 e. The highest BCUT2D eigenvalue weighted by atomic mass is 16.5. The van der Waals surface area contributed by atoms with Crippen LogP contribution in [0.5, 0.6) is 0 Å². The number of Topliss-reactive ketones (excluding diaryl/α,β-unsaturated/α-hetero) is 1. The third-order valence-corrected chi connectivity index (χ3v) is 2.37. The van der Waals surface area contributed by atoms with E-state index in [0.717, 1.165) is 5.52 Å². The summed E-state index contributed by atoms with van der Waals surface area (Å²) in [7, 11) is 0. The number of rotatable bonds is 2. The number of aryl methyl sites for hydroxylation is 1. The van der Waals surface area contributed by atoms with Crippen molar-refractivity contribution in [3.8, 4) is 0 Å². The van der Waals surface area contributed by atoms with Gasteiger partial charge in [0.05, 0.1) is 17.4 Å². The molecule has 1 aromatic carbocycles. The predicted molar refractivity (Wildman–Crippen MR) is 56.2 cm³/mol. The van der Waals surface area contributed by atoms with Crippen molar-refractivity contribution in [2.24, 2.45) is 0 Å². The maximum absolute atomic E-state index is 11.4. The first-order chi connectivity index (χ1) is 7.13. The summed E-state index contributed by atoms with van der Waals surface area (Å²) in [5, 5.41) is 0.463. The first kappa shape index (κ1) is 9.71. The molecule has 0 fully saturated rings. The number of nitrogens with zero attached hydrogens (tertiary/aromatic N) is 1. The minimum absolute atomic E-state index is 0.0550. The van der Waals surface area contributed by atoms with Crippen molar-refractivity contribution in [3.63, 3.8) is 0 Å². The van der Waals surface area contributed by atoms with Gasteiger partial charge in [0.15, 0.2) is 5.78 Å². The minimum Gasteiger partial charge on any atom is -0.335 e. The predicted octanol–water partition coefficient (Wildman–Crippen LogP) is 1.82. The molecule has 0 saturated carbocycles. The average Bonchev–Trinajstić information content (AvgIpc) is 2.55. The molecule has 0 unspecified atom stereocenters. The number of carbonyl (C=O) groups is 1. The summed E-state index contributed by atoms with van der Waals surface area (Å²) < 4.78 is 6.51. The van der Waals surface area contributed by atoms with Gasteiger partial charge in [0.2, 0.25) is 0 Å². The SMILES string of the molecule is CCn1oc(=O)c2cc(C(C)=O)ccc21. The molecule has 0 aliphatic heterocycles. The molecular weight excluding hydrogens is 194 g/mol. The van der Waals surface area contributed by atoms with E-state index >= 15 is 0 Å². The number of hydrogen-bond acceptors (Lipinski definition) is 3. The van der Waals surface area contributed by atoms with E-state index in [0.29, 0.717) is 17.5 Å². The zero-order chi connectivity index (χ0) is 11.0. The smallest absolute Gasteiger partial charge is 0.335 e. The van der Waals surface area contributed by atoms with Gasteiger partial charge in [-0.3, -0.25) is 4.79 Å². The van der Waals surface area contributed by atoms with Crippen LogP contribution in [-0.4, -0.2) is 10.5 Å². The summed E-state index contributed by atoms with van der Waals surface area (Å²) in [6.45, 7) is 3.96. The Labute approximate surface area is 86.1 Å². The lowest BCUT2D eigenvalue weighted by Gasteiger charge is -1.97. The van der Waals surface area contributed by atoms with Crippen LogP contribution in [0.3, 0.4) is 0 Å². The highest BCUT2D eigenvalue weighted by Gasteiger charge is 2.09. The van der Waals surface area contributed by atoms with E-state index < -0.39 is 5.63 Å². The fourth-order valence-corrected chi connectivity index (χ4v) is 1.57. The monoisotopic (exact) mass is 205 g/mol. The standard InChI is InChI=1S/C11H11NO3/c1-3-12-10-5-4-8(7(2)13)6-9(10)11(14)15-12/h4-6H,3H2,1-2H3. The first-order valence-electron chi connectivity index (χ1n) is 4.78. The molecule has 4 nitrogen and oxygen atoms in total.